The first-order valence-electron chi connectivity index (χ1n) is 13.8. The van der Waals surface area contributed by atoms with Crippen LogP contribution in [0.25, 0.3) is 0 Å². The number of piperidine rings is 1. The lowest BCUT2D eigenvalue weighted by atomic mass is 9.79. The molecule has 1 amide bonds. The molecule has 1 saturated carbocycles. The molecule has 1 N–H and O–H groups in total. The molecular formula is C32H40N4O2. The van der Waals surface area contributed by atoms with E-state index in [1.165, 1.54) is 22.3 Å². The fraction of sp³-hybridized carbons (Fsp3) is 0.438. The summed E-state index contributed by atoms with van der Waals surface area (Å²) in [5, 5.41) is 3.51. The number of carbonyl (C=O) groups is 1. The number of pyridine rings is 1. The molecule has 1 aromatic heterocycles. The number of hydrogen-bond donors (Lipinski definition) is 1. The fourth-order valence-corrected chi connectivity index (χ4v) is 5.48. The first-order valence-corrected chi connectivity index (χ1v) is 13.8. The Bertz CT molecular complexity index is 1270. The van der Waals surface area contributed by atoms with Crippen LogP contribution in [0.5, 0.6) is 5.75 Å². The van der Waals surface area contributed by atoms with Gasteiger partial charge in [0.2, 0.25) is 5.91 Å². The van der Waals surface area contributed by atoms with Crippen molar-refractivity contribution in [3.8, 4) is 5.75 Å². The molecule has 6 heteroatoms. The standard InChI is InChI=1S/C32H40N4O2/c1-22-7-5-10-26(23(22)2)20-36(27-11-12-27)32(37)30-19-33-15-14-29(30)25-9-6-8-24(17-25)21-38-28-13-16-34-31(18-28)35(3)4/h5-10,13,16-18,27,29-30,33H,11-12,14-15,19-21H2,1-4H3/t29-,30+/m1/s1. The largest absolute Gasteiger partial charge is 0.489 e. The summed E-state index contributed by atoms with van der Waals surface area (Å²) in [6, 6.07) is 19.3. The van der Waals surface area contributed by atoms with Crippen LogP contribution in [0.15, 0.2) is 60.8 Å². The highest BCUT2D eigenvalue weighted by Gasteiger charge is 2.40. The Labute approximate surface area is 227 Å². The van der Waals surface area contributed by atoms with E-state index in [0.29, 0.717) is 25.1 Å². The second-order valence-electron chi connectivity index (χ2n) is 11.0. The van der Waals surface area contributed by atoms with E-state index < -0.39 is 0 Å². The van der Waals surface area contributed by atoms with Crippen molar-refractivity contribution >= 4 is 11.7 Å². The van der Waals surface area contributed by atoms with E-state index in [9.17, 15) is 4.79 Å². The van der Waals surface area contributed by atoms with Crippen LogP contribution >= 0.6 is 0 Å². The van der Waals surface area contributed by atoms with Crippen LogP contribution in [0.2, 0.25) is 0 Å². The monoisotopic (exact) mass is 512 g/mol. The van der Waals surface area contributed by atoms with E-state index in [1.54, 1.807) is 6.20 Å². The van der Waals surface area contributed by atoms with Crippen molar-refractivity contribution in [3.05, 3.63) is 88.6 Å². The predicted molar refractivity (Wildman–Crippen MR) is 153 cm³/mol. The minimum Gasteiger partial charge on any atom is -0.489 e. The zero-order chi connectivity index (χ0) is 26.6. The number of benzene rings is 2. The Hall–Kier alpha value is -3.38. The van der Waals surface area contributed by atoms with Gasteiger partial charge in [-0.05, 0) is 79.5 Å². The Morgan fingerprint density at radius 1 is 1.05 bits per heavy atom. The first-order chi connectivity index (χ1) is 18.4. The summed E-state index contributed by atoms with van der Waals surface area (Å²) in [5.74, 6) is 2.10. The SMILES string of the molecule is Cc1cccc(CN(C(=O)[C@H]2CNCC[C@@H]2c2cccc(COc3ccnc(N(C)C)c3)c2)C2CC2)c1C. The lowest BCUT2D eigenvalue weighted by molar-refractivity contribution is -0.138. The van der Waals surface area contributed by atoms with Crippen molar-refractivity contribution in [2.45, 2.75) is 58.2 Å². The summed E-state index contributed by atoms with van der Waals surface area (Å²) in [6.45, 7) is 7.16. The molecule has 1 aliphatic carbocycles. The van der Waals surface area contributed by atoms with Gasteiger partial charge >= 0.3 is 0 Å². The zero-order valence-corrected chi connectivity index (χ0v) is 23.1. The molecule has 0 radical (unpaired) electrons. The van der Waals surface area contributed by atoms with Crippen LogP contribution < -0.4 is 15.0 Å². The summed E-state index contributed by atoms with van der Waals surface area (Å²) in [7, 11) is 3.94. The third-order valence-electron chi connectivity index (χ3n) is 8.09. The second kappa shape index (κ2) is 11.6. The molecule has 200 valence electrons. The average Bonchev–Trinajstić information content (AvgIpc) is 3.78. The molecule has 38 heavy (non-hydrogen) atoms. The van der Waals surface area contributed by atoms with Crippen LogP contribution in [0.3, 0.4) is 0 Å². The van der Waals surface area contributed by atoms with Crippen molar-refractivity contribution in [1.82, 2.24) is 15.2 Å². The van der Waals surface area contributed by atoms with Gasteiger partial charge in [0, 0.05) is 45.5 Å². The summed E-state index contributed by atoms with van der Waals surface area (Å²) < 4.78 is 6.11. The number of rotatable bonds is 9. The normalized spacial score (nSPS) is 19.2. The summed E-state index contributed by atoms with van der Waals surface area (Å²) in [6.07, 6.45) is 4.95. The third kappa shape index (κ3) is 6.02. The van der Waals surface area contributed by atoms with Crippen LogP contribution in [-0.2, 0) is 17.9 Å². The fourth-order valence-electron chi connectivity index (χ4n) is 5.48. The molecular weight excluding hydrogens is 472 g/mol. The van der Waals surface area contributed by atoms with Gasteiger partial charge in [-0.1, -0.05) is 42.5 Å². The van der Waals surface area contributed by atoms with E-state index >= 15 is 0 Å². The molecule has 2 aliphatic rings. The highest BCUT2D eigenvalue weighted by molar-refractivity contribution is 5.81. The van der Waals surface area contributed by atoms with E-state index in [-0.39, 0.29) is 11.8 Å². The van der Waals surface area contributed by atoms with Gasteiger partial charge in [-0.2, -0.15) is 0 Å². The van der Waals surface area contributed by atoms with Crippen LogP contribution in [0.4, 0.5) is 5.82 Å². The Morgan fingerprint density at radius 3 is 2.66 bits per heavy atom. The first kappa shape index (κ1) is 26.2. The molecule has 1 aliphatic heterocycles. The quantitative estimate of drug-likeness (QED) is 0.426. The molecule has 0 bridgehead atoms. The number of aromatic nitrogens is 1. The van der Waals surface area contributed by atoms with Gasteiger partial charge < -0.3 is 19.9 Å². The third-order valence-corrected chi connectivity index (χ3v) is 8.09. The number of aryl methyl sites for hydroxylation is 1. The number of hydrogen-bond acceptors (Lipinski definition) is 5. The van der Waals surface area contributed by atoms with Crippen LogP contribution in [0.1, 0.15) is 53.0 Å². The average molecular weight is 513 g/mol. The van der Waals surface area contributed by atoms with E-state index in [4.69, 9.17) is 4.74 Å². The van der Waals surface area contributed by atoms with Gasteiger partial charge in [-0.15, -0.1) is 0 Å². The maximum atomic E-state index is 14.1. The minimum absolute atomic E-state index is 0.0616. The predicted octanol–water partition coefficient (Wildman–Crippen LogP) is 5.23. The molecule has 5 rings (SSSR count). The Kier molecular flexibility index (Phi) is 7.98. The van der Waals surface area contributed by atoms with Crippen molar-refractivity contribution in [2.75, 3.05) is 32.1 Å². The molecule has 2 fully saturated rings. The maximum Gasteiger partial charge on any atom is 0.228 e. The number of carbonyl (C=O) groups excluding carboxylic acids is 1. The highest BCUT2D eigenvalue weighted by Crippen LogP contribution is 2.37. The molecule has 2 aromatic carbocycles. The molecule has 2 atom stereocenters. The van der Waals surface area contributed by atoms with Gasteiger partial charge in [-0.25, -0.2) is 4.98 Å². The number of nitrogens with one attached hydrogen (secondary N) is 1. The van der Waals surface area contributed by atoms with E-state index in [1.807, 2.05) is 31.1 Å². The number of nitrogens with zero attached hydrogens (tertiary/aromatic N) is 3. The van der Waals surface area contributed by atoms with Crippen molar-refractivity contribution in [1.29, 1.82) is 0 Å². The lowest BCUT2D eigenvalue weighted by Crippen LogP contribution is -2.47. The molecule has 0 spiro atoms. The van der Waals surface area contributed by atoms with Crippen LogP contribution in [-0.4, -0.2) is 49.0 Å². The van der Waals surface area contributed by atoms with E-state index in [2.05, 4.69) is 71.5 Å². The zero-order valence-electron chi connectivity index (χ0n) is 23.1. The smallest absolute Gasteiger partial charge is 0.228 e. The highest BCUT2D eigenvalue weighted by atomic mass is 16.5. The minimum atomic E-state index is -0.0616. The van der Waals surface area contributed by atoms with Crippen molar-refractivity contribution in [3.63, 3.8) is 0 Å². The number of ether oxygens (including phenoxy) is 1. The summed E-state index contributed by atoms with van der Waals surface area (Å²) in [4.78, 5) is 22.6. The second-order valence-corrected chi connectivity index (χ2v) is 11.0. The van der Waals surface area contributed by atoms with Crippen LogP contribution in [0, 0.1) is 19.8 Å². The van der Waals surface area contributed by atoms with Gasteiger partial charge in [0.1, 0.15) is 18.2 Å². The van der Waals surface area contributed by atoms with E-state index in [0.717, 1.165) is 49.5 Å². The molecule has 0 unspecified atom stereocenters. The lowest BCUT2D eigenvalue weighted by Gasteiger charge is -2.36. The Balaban J connectivity index is 1.32. The Morgan fingerprint density at radius 2 is 1.87 bits per heavy atom. The molecule has 6 nitrogen and oxygen atoms in total. The molecule has 2 heterocycles. The number of amides is 1. The number of anilines is 1. The van der Waals surface area contributed by atoms with Gasteiger partial charge in [0.25, 0.3) is 0 Å². The topological polar surface area (TPSA) is 57.7 Å². The summed E-state index contributed by atoms with van der Waals surface area (Å²) in [5.41, 5.74) is 6.19. The maximum absolute atomic E-state index is 14.1. The molecule has 3 aromatic rings. The summed E-state index contributed by atoms with van der Waals surface area (Å²) >= 11 is 0. The van der Waals surface area contributed by atoms with Gasteiger partial charge in [0.05, 0.1) is 5.92 Å². The van der Waals surface area contributed by atoms with Crippen molar-refractivity contribution in [2.24, 2.45) is 5.92 Å². The van der Waals surface area contributed by atoms with Crippen molar-refractivity contribution < 1.29 is 9.53 Å². The van der Waals surface area contributed by atoms with Gasteiger partial charge in [0.15, 0.2) is 0 Å². The molecule has 1 saturated heterocycles. The van der Waals surface area contributed by atoms with Gasteiger partial charge in [-0.3, -0.25) is 4.79 Å².